The maximum atomic E-state index is 11.5. The summed E-state index contributed by atoms with van der Waals surface area (Å²) in [6.07, 6.45) is 3.58. The first kappa shape index (κ1) is 14.8. The first-order valence-electron chi connectivity index (χ1n) is 7.03. The number of nitrogens with one attached hydrogen (secondary N) is 1. The lowest BCUT2D eigenvalue weighted by atomic mass is 10.3. The highest BCUT2D eigenvalue weighted by molar-refractivity contribution is 5.92. The van der Waals surface area contributed by atoms with Gasteiger partial charge in [-0.1, -0.05) is 24.3 Å². The summed E-state index contributed by atoms with van der Waals surface area (Å²) in [5.41, 5.74) is 6.77. The molecule has 1 aromatic carbocycles. The van der Waals surface area contributed by atoms with Crippen LogP contribution in [0.3, 0.4) is 0 Å². The van der Waals surface area contributed by atoms with Crippen molar-refractivity contribution in [3.8, 4) is 0 Å². The number of unbranched alkanes of at least 4 members (excludes halogenated alkanes) is 1. The number of aryl methyl sites for hydroxylation is 1. The minimum absolute atomic E-state index is 0.0336. The standard InChI is InChI=1S/C16H20N4O/c17-16(19-14-8-2-1-3-9-14)18-11-5-7-13-20-12-6-4-10-15(20)21/h1-4,6,8-10,12H,5,7,11,13H2,(H3,17,18,19). The van der Waals surface area contributed by atoms with E-state index >= 15 is 0 Å². The number of aromatic nitrogens is 1. The van der Waals surface area contributed by atoms with Gasteiger partial charge in [0.2, 0.25) is 5.56 Å². The highest BCUT2D eigenvalue weighted by Crippen LogP contribution is 2.04. The number of rotatable bonds is 6. The van der Waals surface area contributed by atoms with Gasteiger partial charge >= 0.3 is 0 Å². The molecular formula is C16H20N4O. The molecule has 0 spiro atoms. The number of anilines is 1. The molecule has 0 saturated heterocycles. The zero-order valence-corrected chi connectivity index (χ0v) is 11.9. The fourth-order valence-corrected chi connectivity index (χ4v) is 1.95. The molecular weight excluding hydrogens is 264 g/mol. The maximum Gasteiger partial charge on any atom is 0.250 e. The van der Waals surface area contributed by atoms with Gasteiger partial charge in [0.15, 0.2) is 5.96 Å². The number of benzene rings is 1. The summed E-state index contributed by atoms with van der Waals surface area (Å²) in [6, 6.07) is 14.9. The molecule has 0 aliphatic heterocycles. The summed E-state index contributed by atoms with van der Waals surface area (Å²) in [5.74, 6) is 0.415. The molecule has 0 unspecified atom stereocenters. The van der Waals surface area contributed by atoms with E-state index in [9.17, 15) is 4.79 Å². The van der Waals surface area contributed by atoms with Crippen LogP contribution in [0.1, 0.15) is 12.8 Å². The molecule has 0 aliphatic rings. The molecule has 3 N–H and O–H groups in total. The van der Waals surface area contributed by atoms with Gasteiger partial charge in [-0.25, -0.2) is 0 Å². The first-order chi connectivity index (χ1) is 10.3. The molecule has 21 heavy (non-hydrogen) atoms. The number of hydrogen-bond donors (Lipinski definition) is 2. The number of hydrogen-bond acceptors (Lipinski definition) is 2. The Morgan fingerprint density at radius 2 is 1.86 bits per heavy atom. The van der Waals surface area contributed by atoms with Crippen molar-refractivity contribution in [2.75, 3.05) is 11.9 Å². The van der Waals surface area contributed by atoms with Crippen molar-refractivity contribution in [1.29, 1.82) is 0 Å². The Kier molecular flexibility index (Phi) is 5.58. The van der Waals surface area contributed by atoms with Gasteiger partial charge < -0.3 is 15.6 Å². The minimum Gasteiger partial charge on any atom is -0.370 e. The summed E-state index contributed by atoms with van der Waals surface area (Å²) < 4.78 is 1.70. The molecule has 1 heterocycles. The van der Waals surface area contributed by atoms with Crippen LogP contribution in [-0.2, 0) is 6.54 Å². The van der Waals surface area contributed by atoms with Crippen LogP contribution in [0.25, 0.3) is 0 Å². The van der Waals surface area contributed by atoms with E-state index in [1.165, 1.54) is 0 Å². The van der Waals surface area contributed by atoms with Crippen LogP contribution >= 0.6 is 0 Å². The normalized spacial score (nSPS) is 11.3. The highest BCUT2D eigenvalue weighted by Gasteiger charge is 1.95. The van der Waals surface area contributed by atoms with Crippen LogP contribution in [0.2, 0.25) is 0 Å². The second-order valence-corrected chi connectivity index (χ2v) is 4.70. The van der Waals surface area contributed by atoms with Crippen molar-refractivity contribution in [2.24, 2.45) is 10.7 Å². The lowest BCUT2D eigenvalue weighted by Gasteiger charge is -2.06. The minimum atomic E-state index is 0.0336. The molecule has 0 bridgehead atoms. The lowest BCUT2D eigenvalue weighted by molar-refractivity contribution is 0.599. The van der Waals surface area contributed by atoms with E-state index in [0.717, 1.165) is 18.5 Å². The smallest absolute Gasteiger partial charge is 0.250 e. The van der Waals surface area contributed by atoms with E-state index in [4.69, 9.17) is 5.73 Å². The van der Waals surface area contributed by atoms with Gasteiger partial charge in [-0.05, 0) is 31.0 Å². The van der Waals surface area contributed by atoms with Crippen LogP contribution in [0.5, 0.6) is 0 Å². The third-order valence-corrected chi connectivity index (χ3v) is 3.03. The summed E-state index contributed by atoms with van der Waals surface area (Å²) in [6.45, 7) is 1.36. The van der Waals surface area contributed by atoms with Crippen molar-refractivity contribution in [1.82, 2.24) is 4.57 Å². The summed E-state index contributed by atoms with van der Waals surface area (Å²) in [5, 5.41) is 3.03. The van der Waals surface area contributed by atoms with E-state index in [1.807, 2.05) is 36.4 Å². The molecule has 0 atom stereocenters. The van der Waals surface area contributed by atoms with Gasteiger partial charge in [0.05, 0.1) is 0 Å². The van der Waals surface area contributed by atoms with Crippen LogP contribution < -0.4 is 16.6 Å². The second kappa shape index (κ2) is 7.89. The molecule has 5 nitrogen and oxygen atoms in total. The fraction of sp³-hybridized carbons (Fsp3) is 0.250. The van der Waals surface area contributed by atoms with E-state index in [1.54, 1.807) is 22.9 Å². The number of guanidine groups is 1. The second-order valence-electron chi connectivity index (χ2n) is 4.70. The Morgan fingerprint density at radius 3 is 2.62 bits per heavy atom. The summed E-state index contributed by atoms with van der Waals surface area (Å²) >= 11 is 0. The zero-order valence-electron chi connectivity index (χ0n) is 11.9. The monoisotopic (exact) mass is 284 g/mol. The Labute approximate surface area is 124 Å². The van der Waals surface area contributed by atoms with Gasteiger partial charge in [0.1, 0.15) is 0 Å². The van der Waals surface area contributed by atoms with Crippen molar-refractivity contribution in [2.45, 2.75) is 19.4 Å². The zero-order chi connectivity index (χ0) is 14.9. The first-order valence-corrected chi connectivity index (χ1v) is 7.03. The highest BCUT2D eigenvalue weighted by atomic mass is 16.1. The molecule has 0 saturated carbocycles. The van der Waals surface area contributed by atoms with Crippen molar-refractivity contribution >= 4 is 11.6 Å². The van der Waals surface area contributed by atoms with Crippen LogP contribution in [0.4, 0.5) is 5.69 Å². The SMILES string of the molecule is NC(=NCCCCn1ccccc1=O)Nc1ccccc1. The molecule has 2 aromatic rings. The number of nitrogens with two attached hydrogens (primary N) is 1. The van der Waals surface area contributed by atoms with Crippen LogP contribution in [-0.4, -0.2) is 17.1 Å². The average Bonchev–Trinajstić information content (AvgIpc) is 2.50. The van der Waals surface area contributed by atoms with Gasteiger partial charge in [-0.15, -0.1) is 0 Å². The third kappa shape index (κ3) is 5.14. The molecule has 0 radical (unpaired) electrons. The van der Waals surface area contributed by atoms with Crippen molar-refractivity contribution in [3.05, 3.63) is 65.1 Å². The number of nitrogens with zero attached hydrogens (tertiary/aromatic N) is 2. The maximum absolute atomic E-state index is 11.5. The number of pyridine rings is 1. The molecule has 0 fully saturated rings. The largest absolute Gasteiger partial charge is 0.370 e. The average molecular weight is 284 g/mol. The van der Waals surface area contributed by atoms with Gasteiger partial charge in [-0.3, -0.25) is 9.79 Å². The van der Waals surface area contributed by atoms with Crippen molar-refractivity contribution < 1.29 is 0 Å². The predicted octanol–water partition coefficient (Wildman–Crippen LogP) is 2.06. The molecule has 5 heteroatoms. The summed E-state index contributed by atoms with van der Waals surface area (Å²) in [4.78, 5) is 15.8. The van der Waals surface area contributed by atoms with Gasteiger partial charge in [0, 0.05) is 31.0 Å². The predicted molar refractivity (Wildman–Crippen MR) is 86.5 cm³/mol. The van der Waals surface area contributed by atoms with E-state index in [2.05, 4.69) is 10.3 Å². The Balaban J connectivity index is 1.70. The van der Waals surface area contributed by atoms with Crippen LogP contribution in [0, 0.1) is 0 Å². The molecule has 110 valence electrons. The third-order valence-electron chi connectivity index (χ3n) is 3.03. The fourth-order valence-electron chi connectivity index (χ4n) is 1.95. The molecule has 2 rings (SSSR count). The molecule has 0 amide bonds. The number of aliphatic imine (C=N–C) groups is 1. The quantitative estimate of drug-likeness (QED) is 0.484. The molecule has 0 aliphatic carbocycles. The Hall–Kier alpha value is -2.56. The van der Waals surface area contributed by atoms with E-state index in [-0.39, 0.29) is 5.56 Å². The lowest BCUT2D eigenvalue weighted by Crippen LogP contribution is -2.23. The summed E-state index contributed by atoms with van der Waals surface area (Å²) in [7, 11) is 0. The van der Waals surface area contributed by atoms with Crippen LogP contribution in [0.15, 0.2) is 64.5 Å². The van der Waals surface area contributed by atoms with Gasteiger partial charge in [-0.2, -0.15) is 0 Å². The van der Waals surface area contributed by atoms with E-state index < -0.39 is 0 Å². The van der Waals surface area contributed by atoms with Gasteiger partial charge in [0.25, 0.3) is 0 Å². The van der Waals surface area contributed by atoms with Crippen molar-refractivity contribution in [3.63, 3.8) is 0 Å². The topological polar surface area (TPSA) is 72.4 Å². The Bertz CT molecular complexity index is 634. The number of para-hydroxylation sites is 1. The molecule has 1 aromatic heterocycles. The van der Waals surface area contributed by atoms with E-state index in [0.29, 0.717) is 19.0 Å². The Morgan fingerprint density at radius 1 is 1.10 bits per heavy atom.